The van der Waals surface area contributed by atoms with Gasteiger partial charge in [0.2, 0.25) is 5.91 Å². The van der Waals surface area contributed by atoms with Gasteiger partial charge in [-0.25, -0.2) is 0 Å². The molecular weight excluding hydrogens is 210 g/mol. The molecule has 1 heterocycles. The molecule has 2 rings (SSSR count). The Labute approximate surface area is 94.8 Å². The zero-order chi connectivity index (χ0) is 10.8. The molecular formula is C12H14ClNO. The van der Waals surface area contributed by atoms with Crippen LogP contribution in [-0.2, 0) is 17.6 Å². The molecule has 0 aromatic heterocycles. The molecule has 0 N–H and O–H groups in total. The highest BCUT2D eigenvalue weighted by Crippen LogP contribution is 2.24. The maximum absolute atomic E-state index is 11.8. The minimum atomic E-state index is 0.207. The average Bonchev–Trinajstić information content (AvgIpc) is 2.37. The van der Waals surface area contributed by atoms with Crippen molar-refractivity contribution in [1.29, 1.82) is 0 Å². The second kappa shape index (κ2) is 4.23. The Balaban J connectivity index is 2.35. The highest BCUT2D eigenvalue weighted by molar-refractivity contribution is 6.31. The molecule has 3 heteroatoms. The van der Waals surface area contributed by atoms with E-state index in [9.17, 15) is 4.79 Å². The number of amides is 1. The summed E-state index contributed by atoms with van der Waals surface area (Å²) in [5.74, 6) is 0.207. The fraction of sp³-hybridized carbons (Fsp3) is 0.417. The van der Waals surface area contributed by atoms with Gasteiger partial charge in [0, 0.05) is 18.1 Å². The molecule has 1 aliphatic rings. The van der Waals surface area contributed by atoms with E-state index >= 15 is 0 Å². The first kappa shape index (κ1) is 10.5. The molecule has 1 aliphatic heterocycles. The summed E-state index contributed by atoms with van der Waals surface area (Å²) >= 11 is 6.12. The van der Waals surface area contributed by atoms with Crippen molar-refractivity contribution in [1.82, 2.24) is 4.90 Å². The summed E-state index contributed by atoms with van der Waals surface area (Å²) in [6.45, 7) is 3.58. The number of likely N-dealkylation sites (N-methyl/N-ethyl adjacent to an activating group) is 1. The van der Waals surface area contributed by atoms with Crippen molar-refractivity contribution in [2.24, 2.45) is 0 Å². The van der Waals surface area contributed by atoms with Gasteiger partial charge in [-0.2, -0.15) is 0 Å². The van der Waals surface area contributed by atoms with Crippen molar-refractivity contribution in [2.45, 2.75) is 19.8 Å². The van der Waals surface area contributed by atoms with Gasteiger partial charge in [0.25, 0.3) is 0 Å². The SMILES string of the molecule is CCN1CCc2c(Cl)cccc2CC1=O. The predicted molar refractivity (Wildman–Crippen MR) is 61.1 cm³/mol. The average molecular weight is 224 g/mol. The van der Waals surface area contributed by atoms with Gasteiger partial charge in [0.15, 0.2) is 0 Å². The van der Waals surface area contributed by atoms with E-state index in [1.165, 1.54) is 0 Å². The number of hydrogen-bond donors (Lipinski definition) is 0. The quantitative estimate of drug-likeness (QED) is 0.716. The smallest absolute Gasteiger partial charge is 0.227 e. The van der Waals surface area contributed by atoms with Crippen LogP contribution >= 0.6 is 11.6 Å². The number of fused-ring (bicyclic) bond motifs is 1. The van der Waals surface area contributed by atoms with E-state index in [0.29, 0.717) is 6.42 Å². The molecule has 1 aromatic carbocycles. The second-order valence-electron chi connectivity index (χ2n) is 3.78. The summed E-state index contributed by atoms with van der Waals surface area (Å²) in [6.07, 6.45) is 1.36. The molecule has 0 fully saturated rings. The van der Waals surface area contributed by atoms with Crippen LogP contribution in [0.15, 0.2) is 18.2 Å². The van der Waals surface area contributed by atoms with Gasteiger partial charge < -0.3 is 4.90 Å². The summed E-state index contributed by atoms with van der Waals surface area (Å²) in [5.41, 5.74) is 2.23. The number of hydrogen-bond acceptors (Lipinski definition) is 1. The van der Waals surface area contributed by atoms with Crippen molar-refractivity contribution >= 4 is 17.5 Å². The van der Waals surface area contributed by atoms with Crippen LogP contribution in [0.4, 0.5) is 0 Å². The zero-order valence-electron chi connectivity index (χ0n) is 8.79. The Morgan fingerprint density at radius 3 is 3.00 bits per heavy atom. The third kappa shape index (κ3) is 2.00. The second-order valence-corrected chi connectivity index (χ2v) is 4.18. The Hall–Kier alpha value is -1.02. The third-order valence-electron chi connectivity index (χ3n) is 2.92. The Morgan fingerprint density at radius 1 is 1.47 bits per heavy atom. The normalized spacial score (nSPS) is 16.1. The molecule has 0 unspecified atom stereocenters. The van der Waals surface area contributed by atoms with Crippen LogP contribution in [0.1, 0.15) is 18.1 Å². The largest absolute Gasteiger partial charge is 0.342 e. The van der Waals surface area contributed by atoms with Gasteiger partial charge >= 0.3 is 0 Å². The van der Waals surface area contributed by atoms with Crippen LogP contribution in [-0.4, -0.2) is 23.9 Å². The maximum atomic E-state index is 11.8. The molecule has 15 heavy (non-hydrogen) atoms. The number of halogens is 1. The van der Waals surface area contributed by atoms with Gasteiger partial charge in [-0.1, -0.05) is 23.7 Å². The van der Waals surface area contributed by atoms with E-state index in [-0.39, 0.29) is 5.91 Å². The van der Waals surface area contributed by atoms with Crippen molar-refractivity contribution in [2.75, 3.05) is 13.1 Å². The number of benzene rings is 1. The number of carbonyl (C=O) groups is 1. The summed E-state index contributed by atoms with van der Waals surface area (Å²) in [5, 5.41) is 0.790. The van der Waals surface area contributed by atoms with E-state index in [2.05, 4.69) is 0 Å². The van der Waals surface area contributed by atoms with E-state index in [4.69, 9.17) is 11.6 Å². The lowest BCUT2D eigenvalue weighted by Gasteiger charge is -2.17. The molecule has 0 aliphatic carbocycles. The minimum Gasteiger partial charge on any atom is -0.342 e. The van der Waals surface area contributed by atoms with E-state index in [1.807, 2.05) is 30.0 Å². The van der Waals surface area contributed by atoms with Crippen LogP contribution in [0.2, 0.25) is 5.02 Å². The van der Waals surface area contributed by atoms with Gasteiger partial charge in [0.05, 0.1) is 6.42 Å². The van der Waals surface area contributed by atoms with Gasteiger partial charge in [-0.3, -0.25) is 4.79 Å². The lowest BCUT2D eigenvalue weighted by molar-refractivity contribution is -0.129. The van der Waals surface area contributed by atoms with E-state index in [0.717, 1.165) is 35.7 Å². The number of nitrogens with zero attached hydrogens (tertiary/aromatic N) is 1. The molecule has 80 valence electrons. The van der Waals surface area contributed by atoms with Crippen LogP contribution in [0.3, 0.4) is 0 Å². The van der Waals surface area contributed by atoms with Crippen molar-refractivity contribution < 1.29 is 4.79 Å². The van der Waals surface area contributed by atoms with E-state index in [1.54, 1.807) is 0 Å². The summed E-state index contributed by atoms with van der Waals surface area (Å²) in [4.78, 5) is 13.7. The maximum Gasteiger partial charge on any atom is 0.227 e. The fourth-order valence-corrected chi connectivity index (χ4v) is 2.32. The fourth-order valence-electron chi connectivity index (χ4n) is 2.03. The monoisotopic (exact) mass is 223 g/mol. The lowest BCUT2D eigenvalue weighted by atomic mass is 10.0. The van der Waals surface area contributed by atoms with Gasteiger partial charge in [-0.05, 0) is 30.5 Å². The van der Waals surface area contributed by atoms with Gasteiger partial charge in [-0.15, -0.1) is 0 Å². The van der Waals surface area contributed by atoms with Crippen molar-refractivity contribution in [3.05, 3.63) is 34.3 Å². The van der Waals surface area contributed by atoms with Crippen molar-refractivity contribution in [3.63, 3.8) is 0 Å². The first-order valence-corrected chi connectivity index (χ1v) is 5.64. The highest BCUT2D eigenvalue weighted by Gasteiger charge is 2.20. The first-order valence-electron chi connectivity index (χ1n) is 5.26. The Bertz CT molecular complexity index is 389. The molecule has 0 saturated heterocycles. The standard InChI is InChI=1S/C12H14ClNO/c1-2-14-7-6-10-9(8-12(14)15)4-3-5-11(10)13/h3-5H,2,6-8H2,1H3. The van der Waals surface area contributed by atoms with Crippen LogP contribution in [0, 0.1) is 0 Å². The molecule has 0 saturated carbocycles. The highest BCUT2D eigenvalue weighted by atomic mass is 35.5. The third-order valence-corrected chi connectivity index (χ3v) is 3.28. The summed E-state index contributed by atoms with van der Waals surface area (Å²) in [7, 11) is 0. The molecule has 0 radical (unpaired) electrons. The van der Waals surface area contributed by atoms with Crippen molar-refractivity contribution in [3.8, 4) is 0 Å². The first-order chi connectivity index (χ1) is 7.22. The topological polar surface area (TPSA) is 20.3 Å². The van der Waals surface area contributed by atoms with Crippen LogP contribution in [0.5, 0.6) is 0 Å². The molecule has 1 aromatic rings. The molecule has 0 spiro atoms. The Kier molecular flexibility index (Phi) is 2.96. The molecule has 0 bridgehead atoms. The zero-order valence-corrected chi connectivity index (χ0v) is 9.55. The predicted octanol–water partition coefficient (Wildman–Crippen LogP) is 2.29. The van der Waals surface area contributed by atoms with Gasteiger partial charge in [0.1, 0.15) is 0 Å². The minimum absolute atomic E-state index is 0.207. The Morgan fingerprint density at radius 2 is 2.27 bits per heavy atom. The lowest BCUT2D eigenvalue weighted by Crippen LogP contribution is -2.31. The molecule has 1 amide bonds. The van der Waals surface area contributed by atoms with Crippen LogP contribution < -0.4 is 0 Å². The molecule has 2 nitrogen and oxygen atoms in total. The number of rotatable bonds is 1. The summed E-state index contributed by atoms with van der Waals surface area (Å²) in [6, 6.07) is 5.81. The van der Waals surface area contributed by atoms with Crippen LogP contribution in [0.25, 0.3) is 0 Å². The molecule has 0 atom stereocenters. The number of carbonyl (C=O) groups excluding carboxylic acids is 1. The van der Waals surface area contributed by atoms with E-state index < -0.39 is 0 Å². The summed E-state index contributed by atoms with van der Waals surface area (Å²) < 4.78 is 0.